The second kappa shape index (κ2) is 4.01. The van der Waals surface area contributed by atoms with Gasteiger partial charge in [0.15, 0.2) is 17.3 Å². The molecule has 2 aromatic rings. The molecule has 16 heavy (non-hydrogen) atoms. The van der Waals surface area contributed by atoms with Gasteiger partial charge >= 0.3 is 0 Å². The maximum atomic E-state index is 5.73. The van der Waals surface area contributed by atoms with Gasteiger partial charge in [0.05, 0.1) is 5.69 Å². The Hall–Kier alpha value is -2.37. The molecule has 0 fully saturated rings. The van der Waals surface area contributed by atoms with Gasteiger partial charge < -0.3 is 11.5 Å². The van der Waals surface area contributed by atoms with Crippen LogP contribution in [0.25, 0.3) is 0 Å². The summed E-state index contributed by atoms with van der Waals surface area (Å²) < 4.78 is 1.47. The van der Waals surface area contributed by atoms with Gasteiger partial charge in [-0.2, -0.15) is 10.2 Å². The zero-order valence-electron chi connectivity index (χ0n) is 8.83. The second-order valence-corrected chi connectivity index (χ2v) is 3.28. The van der Waals surface area contributed by atoms with Crippen molar-refractivity contribution in [1.82, 2.24) is 9.78 Å². The van der Waals surface area contributed by atoms with Gasteiger partial charge in [0.1, 0.15) is 0 Å². The largest absolute Gasteiger partial charge is 0.382 e. The van der Waals surface area contributed by atoms with Crippen molar-refractivity contribution < 1.29 is 0 Å². The van der Waals surface area contributed by atoms with Crippen molar-refractivity contribution in [2.75, 3.05) is 11.5 Å². The number of nitrogens with zero attached hydrogens (tertiary/aromatic N) is 4. The van der Waals surface area contributed by atoms with E-state index in [1.165, 1.54) is 4.68 Å². The number of nitrogens with two attached hydrogens (primary N) is 2. The summed E-state index contributed by atoms with van der Waals surface area (Å²) in [5, 5.41) is 11.9. The molecule has 0 atom stereocenters. The van der Waals surface area contributed by atoms with Crippen LogP contribution < -0.4 is 11.5 Å². The average Bonchev–Trinajstić information content (AvgIpc) is 2.53. The Balaban J connectivity index is 2.31. The molecular formula is C10H12N6. The Bertz CT molecular complexity index is 514. The number of benzene rings is 1. The third-order valence-electron chi connectivity index (χ3n) is 2.11. The summed E-state index contributed by atoms with van der Waals surface area (Å²) in [5.41, 5.74) is 12.5. The summed E-state index contributed by atoms with van der Waals surface area (Å²) >= 11 is 0. The predicted octanol–water partition coefficient (Wildman–Crippen LogP) is 2.00. The molecule has 1 aromatic heterocycles. The monoisotopic (exact) mass is 216 g/mol. The molecular weight excluding hydrogens is 204 g/mol. The minimum Gasteiger partial charge on any atom is -0.382 e. The molecule has 6 nitrogen and oxygen atoms in total. The van der Waals surface area contributed by atoms with Gasteiger partial charge in [-0.15, -0.1) is 5.11 Å². The molecule has 0 saturated carbocycles. The van der Waals surface area contributed by atoms with Crippen LogP contribution >= 0.6 is 0 Å². The van der Waals surface area contributed by atoms with Crippen molar-refractivity contribution in [1.29, 1.82) is 0 Å². The standard InChI is InChI=1S/C10H12N6/c1-16-10(12)8(9(11)15-16)14-13-7-5-3-2-4-6-7/h2-6H,12H2,1H3,(H2,11,15)/b14-13+. The van der Waals surface area contributed by atoms with E-state index in [1.54, 1.807) is 7.05 Å². The first-order valence-electron chi connectivity index (χ1n) is 4.73. The van der Waals surface area contributed by atoms with Gasteiger partial charge in [-0.1, -0.05) is 18.2 Å². The third kappa shape index (κ3) is 1.85. The van der Waals surface area contributed by atoms with Crippen LogP contribution in [0, 0.1) is 0 Å². The zero-order valence-corrected chi connectivity index (χ0v) is 8.83. The van der Waals surface area contributed by atoms with Gasteiger partial charge in [-0.3, -0.25) is 0 Å². The lowest BCUT2D eigenvalue weighted by Gasteiger charge is -1.93. The number of nitrogen functional groups attached to an aromatic ring is 2. The molecule has 1 aromatic carbocycles. The molecule has 0 saturated heterocycles. The molecule has 0 aliphatic rings. The van der Waals surface area contributed by atoms with Gasteiger partial charge in [0, 0.05) is 7.05 Å². The molecule has 6 heteroatoms. The molecule has 0 bridgehead atoms. The number of anilines is 2. The quantitative estimate of drug-likeness (QED) is 0.751. The van der Waals surface area contributed by atoms with Crippen LogP contribution in [0.3, 0.4) is 0 Å². The number of hydrogen-bond acceptors (Lipinski definition) is 5. The second-order valence-electron chi connectivity index (χ2n) is 3.28. The molecule has 1 heterocycles. The fraction of sp³-hybridized carbons (Fsp3) is 0.100. The molecule has 0 spiro atoms. The first kappa shape index (κ1) is 10.2. The highest BCUT2D eigenvalue weighted by molar-refractivity contribution is 5.70. The van der Waals surface area contributed by atoms with E-state index in [9.17, 15) is 0 Å². The SMILES string of the molecule is Cn1nc(N)c(/N=N/c2ccccc2)c1N. The van der Waals surface area contributed by atoms with Crippen molar-refractivity contribution in [3.63, 3.8) is 0 Å². The Morgan fingerprint density at radius 1 is 1.12 bits per heavy atom. The van der Waals surface area contributed by atoms with E-state index in [0.717, 1.165) is 5.69 Å². The molecule has 0 radical (unpaired) electrons. The molecule has 0 aliphatic carbocycles. The van der Waals surface area contributed by atoms with Crippen molar-refractivity contribution in [3.05, 3.63) is 30.3 Å². The van der Waals surface area contributed by atoms with Crippen molar-refractivity contribution in [3.8, 4) is 0 Å². The number of rotatable bonds is 2. The summed E-state index contributed by atoms with van der Waals surface area (Å²) in [7, 11) is 1.70. The molecule has 0 unspecified atom stereocenters. The lowest BCUT2D eigenvalue weighted by molar-refractivity contribution is 0.783. The summed E-state index contributed by atoms with van der Waals surface area (Å²) in [6.45, 7) is 0. The van der Waals surface area contributed by atoms with Crippen LogP contribution in [0.2, 0.25) is 0 Å². The molecule has 82 valence electrons. The van der Waals surface area contributed by atoms with E-state index in [0.29, 0.717) is 11.5 Å². The van der Waals surface area contributed by atoms with Crippen molar-refractivity contribution in [2.24, 2.45) is 17.3 Å². The van der Waals surface area contributed by atoms with Gasteiger partial charge in [0.2, 0.25) is 0 Å². The average molecular weight is 216 g/mol. The topological polar surface area (TPSA) is 94.6 Å². The maximum Gasteiger partial charge on any atom is 0.175 e. The minimum atomic E-state index is 0.277. The molecule has 4 N–H and O–H groups in total. The maximum absolute atomic E-state index is 5.73. The summed E-state index contributed by atoms with van der Waals surface area (Å²) in [5.74, 6) is 0.678. The van der Waals surface area contributed by atoms with Crippen LogP contribution in [-0.4, -0.2) is 9.78 Å². The van der Waals surface area contributed by atoms with Gasteiger partial charge in [-0.05, 0) is 12.1 Å². The fourth-order valence-corrected chi connectivity index (χ4v) is 1.25. The highest BCUT2D eigenvalue weighted by Gasteiger charge is 2.09. The van der Waals surface area contributed by atoms with Gasteiger partial charge in [0.25, 0.3) is 0 Å². The lowest BCUT2D eigenvalue weighted by atomic mass is 10.3. The van der Waals surface area contributed by atoms with Gasteiger partial charge in [-0.25, -0.2) is 4.68 Å². The Labute approximate surface area is 92.6 Å². The summed E-state index contributed by atoms with van der Waals surface area (Å²) in [6, 6.07) is 9.35. The molecule has 0 aliphatic heterocycles. The van der Waals surface area contributed by atoms with E-state index >= 15 is 0 Å². The van der Waals surface area contributed by atoms with Crippen LogP contribution in [0.5, 0.6) is 0 Å². The van der Waals surface area contributed by atoms with Crippen LogP contribution in [0.4, 0.5) is 23.0 Å². The smallest absolute Gasteiger partial charge is 0.175 e. The summed E-state index contributed by atoms with van der Waals surface area (Å²) in [6.07, 6.45) is 0. The third-order valence-corrected chi connectivity index (χ3v) is 2.11. The first-order chi connectivity index (χ1) is 7.68. The first-order valence-corrected chi connectivity index (χ1v) is 4.73. The number of aryl methyl sites for hydroxylation is 1. The Morgan fingerprint density at radius 3 is 2.38 bits per heavy atom. The van der Waals surface area contributed by atoms with Crippen molar-refractivity contribution >= 4 is 23.0 Å². The minimum absolute atomic E-state index is 0.277. The normalized spacial score (nSPS) is 11.1. The molecule has 0 amide bonds. The zero-order chi connectivity index (χ0) is 11.5. The fourth-order valence-electron chi connectivity index (χ4n) is 1.25. The molecule has 2 rings (SSSR count). The van der Waals surface area contributed by atoms with Crippen molar-refractivity contribution in [2.45, 2.75) is 0 Å². The predicted molar refractivity (Wildman–Crippen MR) is 62.7 cm³/mol. The van der Waals surface area contributed by atoms with E-state index < -0.39 is 0 Å². The van der Waals surface area contributed by atoms with E-state index in [4.69, 9.17) is 11.5 Å². The Kier molecular flexibility index (Phi) is 2.55. The van der Waals surface area contributed by atoms with Crippen LogP contribution in [-0.2, 0) is 7.05 Å². The van der Waals surface area contributed by atoms with Crippen LogP contribution in [0.15, 0.2) is 40.6 Å². The highest BCUT2D eigenvalue weighted by atomic mass is 15.3. The summed E-state index contributed by atoms with van der Waals surface area (Å²) in [4.78, 5) is 0. The number of hydrogen-bond donors (Lipinski definition) is 2. The lowest BCUT2D eigenvalue weighted by Crippen LogP contribution is -1.97. The van der Waals surface area contributed by atoms with E-state index in [-0.39, 0.29) is 5.82 Å². The Morgan fingerprint density at radius 2 is 1.81 bits per heavy atom. The van der Waals surface area contributed by atoms with Crippen LogP contribution in [0.1, 0.15) is 0 Å². The highest BCUT2D eigenvalue weighted by Crippen LogP contribution is 2.29. The number of aromatic nitrogens is 2. The van der Waals surface area contributed by atoms with E-state index in [1.807, 2.05) is 30.3 Å². The van der Waals surface area contributed by atoms with E-state index in [2.05, 4.69) is 15.3 Å². The number of azo groups is 1.